The van der Waals surface area contributed by atoms with Crippen molar-refractivity contribution in [3.8, 4) is 0 Å². The third kappa shape index (κ3) is 3.28. The highest BCUT2D eigenvalue weighted by Gasteiger charge is 2.12. The highest BCUT2D eigenvalue weighted by Crippen LogP contribution is 2.35. The van der Waals surface area contributed by atoms with Crippen LogP contribution < -0.4 is 5.73 Å². The molecule has 0 radical (unpaired) electrons. The second-order valence-electron chi connectivity index (χ2n) is 3.71. The fraction of sp³-hybridized carbons (Fsp3) is 0.167. The summed E-state index contributed by atoms with van der Waals surface area (Å²) in [5, 5.41) is 0. The Labute approximate surface area is 117 Å². The van der Waals surface area contributed by atoms with Gasteiger partial charge in [-0.3, -0.25) is 0 Å². The highest BCUT2D eigenvalue weighted by atomic mass is 79.9. The van der Waals surface area contributed by atoms with E-state index in [0.29, 0.717) is 10.8 Å². The molecular weight excluding hydrogens is 325 g/mol. The van der Waals surface area contributed by atoms with Crippen molar-refractivity contribution in [3.63, 3.8) is 0 Å². The van der Waals surface area contributed by atoms with Crippen LogP contribution in [0.3, 0.4) is 0 Å². The van der Waals surface area contributed by atoms with Crippen LogP contribution in [-0.4, -0.2) is 0 Å². The standard InChI is InChI=1S/C12H10BrClFNS/c13-9-6-11(17-12(9)14)10(16)5-7-2-1-3-8(15)4-7/h1-4,6,10H,5,16H2. The number of rotatable bonds is 3. The van der Waals surface area contributed by atoms with E-state index in [9.17, 15) is 4.39 Å². The van der Waals surface area contributed by atoms with E-state index in [0.717, 1.165) is 14.9 Å². The minimum absolute atomic E-state index is 0.161. The summed E-state index contributed by atoms with van der Waals surface area (Å²) in [5.41, 5.74) is 6.95. The van der Waals surface area contributed by atoms with Crippen molar-refractivity contribution in [2.45, 2.75) is 12.5 Å². The summed E-state index contributed by atoms with van der Waals surface area (Å²) >= 11 is 10.7. The van der Waals surface area contributed by atoms with Crippen LogP contribution >= 0.6 is 38.9 Å². The lowest BCUT2D eigenvalue weighted by molar-refractivity contribution is 0.622. The molecule has 1 aromatic heterocycles. The van der Waals surface area contributed by atoms with Crippen LogP contribution in [0.4, 0.5) is 4.39 Å². The lowest BCUT2D eigenvalue weighted by Gasteiger charge is -2.09. The van der Waals surface area contributed by atoms with Crippen molar-refractivity contribution in [2.75, 3.05) is 0 Å². The zero-order valence-electron chi connectivity index (χ0n) is 8.79. The van der Waals surface area contributed by atoms with Crippen LogP contribution in [0.1, 0.15) is 16.5 Å². The minimum Gasteiger partial charge on any atom is -0.323 e. The maximum atomic E-state index is 13.0. The Balaban J connectivity index is 2.14. The molecule has 0 amide bonds. The Bertz CT molecular complexity index is 509. The van der Waals surface area contributed by atoms with E-state index in [1.807, 2.05) is 12.1 Å². The molecule has 0 aliphatic carbocycles. The molecule has 1 nitrogen and oxygen atoms in total. The number of thiophene rings is 1. The number of halogens is 3. The smallest absolute Gasteiger partial charge is 0.123 e. The minimum atomic E-state index is -0.236. The Morgan fingerprint density at radius 1 is 1.41 bits per heavy atom. The molecule has 0 aliphatic rings. The normalized spacial score (nSPS) is 12.7. The zero-order chi connectivity index (χ0) is 12.4. The van der Waals surface area contributed by atoms with Gasteiger partial charge in [0, 0.05) is 15.4 Å². The van der Waals surface area contributed by atoms with Crippen LogP contribution in [-0.2, 0) is 6.42 Å². The quantitative estimate of drug-likeness (QED) is 0.876. The summed E-state index contributed by atoms with van der Waals surface area (Å²) < 4.78 is 14.6. The molecule has 0 bridgehead atoms. The van der Waals surface area contributed by atoms with Crippen LogP contribution in [0.2, 0.25) is 4.34 Å². The summed E-state index contributed by atoms with van der Waals surface area (Å²) in [6, 6.07) is 8.24. The summed E-state index contributed by atoms with van der Waals surface area (Å²) in [4.78, 5) is 0.992. The van der Waals surface area contributed by atoms with Crippen LogP contribution in [0, 0.1) is 5.82 Å². The third-order valence-corrected chi connectivity index (χ3v) is 4.98. The van der Waals surface area contributed by atoms with Gasteiger partial charge in [0.15, 0.2) is 0 Å². The summed E-state index contributed by atoms with van der Waals surface area (Å²) in [6.45, 7) is 0. The lowest BCUT2D eigenvalue weighted by Crippen LogP contribution is -2.11. The van der Waals surface area contributed by atoms with Crippen LogP contribution in [0.5, 0.6) is 0 Å². The monoisotopic (exact) mass is 333 g/mol. The number of nitrogens with two attached hydrogens (primary N) is 1. The zero-order valence-corrected chi connectivity index (χ0v) is 11.9. The number of hydrogen-bond donors (Lipinski definition) is 1. The predicted octanol–water partition coefficient (Wildman–Crippen LogP) is 4.55. The molecule has 1 atom stereocenters. The van der Waals surface area contributed by atoms with Gasteiger partial charge in [-0.15, -0.1) is 11.3 Å². The fourth-order valence-electron chi connectivity index (χ4n) is 1.56. The van der Waals surface area contributed by atoms with Gasteiger partial charge >= 0.3 is 0 Å². The number of hydrogen-bond acceptors (Lipinski definition) is 2. The fourth-order valence-corrected chi connectivity index (χ4v) is 3.30. The molecule has 5 heteroatoms. The average molecular weight is 335 g/mol. The first-order valence-electron chi connectivity index (χ1n) is 5.01. The van der Waals surface area contributed by atoms with Crippen molar-refractivity contribution in [1.29, 1.82) is 0 Å². The Hall–Kier alpha value is -0.420. The van der Waals surface area contributed by atoms with Gasteiger partial charge in [0.1, 0.15) is 10.2 Å². The first-order valence-corrected chi connectivity index (χ1v) is 7.00. The van der Waals surface area contributed by atoms with E-state index in [2.05, 4.69) is 15.9 Å². The summed E-state index contributed by atoms with van der Waals surface area (Å²) in [5.74, 6) is -0.236. The molecule has 0 saturated carbocycles. The first kappa shape index (κ1) is 13.0. The van der Waals surface area contributed by atoms with Crippen LogP contribution in [0.15, 0.2) is 34.8 Å². The molecule has 1 aromatic carbocycles. The van der Waals surface area contributed by atoms with Crippen molar-refractivity contribution in [1.82, 2.24) is 0 Å². The average Bonchev–Trinajstić information content (AvgIpc) is 2.59. The number of benzene rings is 1. The molecule has 1 heterocycles. The topological polar surface area (TPSA) is 26.0 Å². The van der Waals surface area contributed by atoms with Crippen molar-refractivity contribution < 1.29 is 4.39 Å². The molecule has 2 aromatic rings. The van der Waals surface area contributed by atoms with Crippen molar-refractivity contribution >= 4 is 38.9 Å². The highest BCUT2D eigenvalue weighted by molar-refractivity contribution is 9.10. The van der Waals surface area contributed by atoms with E-state index >= 15 is 0 Å². The van der Waals surface area contributed by atoms with Gasteiger partial charge in [0.25, 0.3) is 0 Å². The van der Waals surface area contributed by atoms with Crippen molar-refractivity contribution in [2.24, 2.45) is 5.73 Å². The molecule has 0 saturated heterocycles. The Morgan fingerprint density at radius 3 is 2.76 bits per heavy atom. The Kier molecular flexibility index (Phi) is 4.20. The SMILES string of the molecule is NC(Cc1cccc(F)c1)c1cc(Br)c(Cl)s1. The maximum absolute atomic E-state index is 13.0. The van der Waals surface area contributed by atoms with Gasteiger partial charge in [-0.05, 0) is 46.1 Å². The van der Waals surface area contributed by atoms with Gasteiger partial charge in [0.2, 0.25) is 0 Å². The molecule has 0 aliphatic heterocycles. The molecule has 2 N–H and O–H groups in total. The van der Waals surface area contributed by atoms with E-state index in [1.54, 1.807) is 6.07 Å². The largest absolute Gasteiger partial charge is 0.323 e. The lowest BCUT2D eigenvalue weighted by atomic mass is 10.1. The Morgan fingerprint density at radius 2 is 2.18 bits per heavy atom. The maximum Gasteiger partial charge on any atom is 0.123 e. The van der Waals surface area contributed by atoms with E-state index in [-0.39, 0.29) is 11.9 Å². The van der Waals surface area contributed by atoms with Crippen molar-refractivity contribution in [3.05, 3.63) is 55.4 Å². The molecule has 2 rings (SSSR count). The first-order chi connectivity index (χ1) is 8.06. The summed E-state index contributed by atoms with van der Waals surface area (Å²) in [7, 11) is 0. The molecular formula is C12H10BrClFNS. The van der Waals surface area contributed by atoms with Gasteiger partial charge in [-0.2, -0.15) is 0 Å². The second-order valence-corrected chi connectivity index (χ2v) is 6.25. The second kappa shape index (κ2) is 5.48. The molecule has 1 unspecified atom stereocenters. The van der Waals surface area contributed by atoms with Crippen LogP contribution in [0.25, 0.3) is 0 Å². The molecule has 0 fully saturated rings. The molecule has 90 valence electrons. The molecule has 0 spiro atoms. The summed E-state index contributed by atoms with van der Waals surface area (Å²) in [6.07, 6.45) is 0.598. The third-order valence-electron chi connectivity index (χ3n) is 2.37. The van der Waals surface area contributed by atoms with E-state index in [4.69, 9.17) is 17.3 Å². The van der Waals surface area contributed by atoms with Gasteiger partial charge in [0.05, 0.1) is 0 Å². The predicted molar refractivity (Wildman–Crippen MR) is 74.1 cm³/mol. The van der Waals surface area contributed by atoms with Gasteiger partial charge in [-0.25, -0.2) is 4.39 Å². The van der Waals surface area contributed by atoms with Gasteiger partial charge in [-0.1, -0.05) is 23.7 Å². The van der Waals surface area contributed by atoms with E-state index in [1.165, 1.54) is 23.5 Å². The van der Waals surface area contributed by atoms with E-state index < -0.39 is 0 Å². The van der Waals surface area contributed by atoms with Gasteiger partial charge < -0.3 is 5.73 Å². The molecule has 17 heavy (non-hydrogen) atoms.